The van der Waals surface area contributed by atoms with E-state index < -0.39 is 0 Å². The highest BCUT2D eigenvalue weighted by molar-refractivity contribution is 6.31. The minimum absolute atomic E-state index is 0.343. The van der Waals surface area contributed by atoms with Crippen LogP contribution >= 0.6 is 11.6 Å². The molecule has 2 rings (SSSR count). The number of benzene rings is 2. The predicted molar refractivity (Wildman–Crippen MR) is 91.5 cm³/mol. The number of nitrogens with one attached hydrogen (secondary N) is 2. The van der Waals surface area contributed by atoms with Gasteiger partial charge in [0.2, 0.25) is 0 Å². The SMILES string of the molecule is CCOCCNC(=O)Nc1cc(Cl)ccc1Oc1ccccc1. The topological polar surface area (TPSA) is 59.6 Å². The van der Waals surface area contributed by atoms with E-state index in [2.05, 4.69) is 10.6 Å². The third-order valence-corrected chi connectivity index (χ3v) is 3.13. The fraction of sp³-hybridized carbons (Fsp3) is 0.235. The highest BCUT2D eigenvalue weighted by atomic mass is 35.5. The molecule has 0 saturated carbocycles. The lowest BCUT2D eigenvalue weighted by Gasteiger charge is -2.13. The smallest absolute Gasteiger partial charge is 0.319 e. The van der Waals surface area contributed by atoms with Gasteiger partial charge in [-0.1, -0.05) is 29.8 Å². The molecule has 2 aromatic rings. The number of halogens is 1. The van der Waals surface area contributed by atoms with Crippen molar-refractivity contribution >= 4 is 23.3 Å². The Labute approximate surface area is 140 Å². The molecule has 0 atom stereocenters. The summed E-state index contributed by atoms with van der Waals surface area (Å²) in [5.41, 5.74) is 0.496. The van der Waals surface area contributed by atoms with Gasteiger partial charge in [-0.3, -0.25) is 0 Å². The number of urea groups is 1. The number of carbonyl (C=O) groups is 1. The molecule has 23 heavy (non-hydrogen) atoms. The fourth-order valence-electron chi connectivity index (χ4n) is 1.85. The Kier molecular flexibility index (Phi) is 6.72. The molecule has 0 aliphatic rings. The Morgan fingerprint density at radius 2 is 1.96 bits per heavy atom. The molecule has 122 valence electrons. The van der Waals surface area contributed by atoms with Crippen LogP contribution in [0.25, 0.3) is 0 Å². The molecule has 0 bridgehead atoms. The van der Waals surface area contributed by atoms with Gasteiger partial charge in [0, 0.05) is 18.2 Å². The average molecular weight is 335 g/mol. The zero-order valence-corrected chi connectivity index (χ0v) is 13.6. The lowest BCUT2D eigenvalue weighted by Crippen LogP contribution is -2.31. The van der Waals surface area contributed by atoms with E-state index in [1.165, 1.54) is 0 Å². The normalized spacial score (nSPS) is 10.2. The number of amides is 2. The van der Waals surface area contributed by atoms with Gasteiger partial charge >= 0.3 is 6.03 Å². The molecule has 0 unspecified atom stereocenters. The number of rotatable bonds is 7. The molecular formula is C17H19ClN2O3. The summed E-state index contributed by atoms with van der Waals surface area (Å²) < 4.78 is 11.0. The molecule has 0 spiro atoms. The number of anilines is 1. The first-order valence-electron chi connectivity index (χ1n) is 7.34. The summed E-state index contributed by atoms with van der Waals surface area (Å²) in [5.74, 6) is 1.19. The summed E-state index contributed by atoms with van der Waals surface area (Å²) >= 11 is 6.00. The molecule has 0 aliphatic carbocycles. The maximum Gasteiger partial charge on any atom is 0.319 e. The van der Waals surface area contributed by atoms with Gasteiger partial charge in [-0.2, -0.15) is 0 Å². The van der Waals surface area contributed by atoms with E-state index in [4.69, 9.17) is 21.1 Å². The summed E-state index contributed by atoms with van der Waals surface area (Å²) in [6.07, 6.45) is 0. The average Bonchev–Trinajstić information content (AvgIpc) is 2.55. The number of ether oxygens (including phenoxy) is 2. The Hall–Kier alpha value is -2.24. The first-order chi connectivity index (χ1) is 11.2. The highest BCUT2D eigenvalue weighted by Crippen LogP contribution is 2.31. The zero-order chi connectivity index (χ0) is 16.5. The van der Waals surface area contributed by atoms with E-state index in [-0.39, 0.29) is 6.03 Å². The van der Waals surface area contributed by atoms with Crippen LogP contribution in [0.3, 0.4) is 0 Å². The number of hydrogen-bond acceptors (Lipinski definition) is 3. The Morgan fingerprint density at radius 1 is 1.17 bits per heavy atom. The Balaban J connectivity index is 2.02. The minimum Gasteiger partial charge on any atom is -0.455 e. The molecule has 0 aromatic heterocycles. The maximum absolute atomic E-state index is 11.9. The molecule has 0 fully saturated rings. The van der Waals surface area contributed by atoms with Crippen molar-refractivity contribution in [3.8, 4) is 11.5 Å². The second-order valence-electron chi connectivity index (χ2n) is 4.63. The third-order valence-electron chi connectivity index (χ3n) is 2.90. The molecular weight excluding hydrogens is 316 g/mol. The largest absolute Gasteiger partial charge is 0.455 e. The van der Waals surface area contributed by atoms with Gasteiger partial charge in [-0.15, -0.1) is 0 Å². The van der Waals surface area contributed by atoms with Gasteiger partial charge in [-0.25, -0.2) is 4.79 Å². The van der Waals surface area contributed by atoms with Gasteiger partial charge in [0.05, 0.1) is 12.3 Å². The van der Waals surface area contributed by atoms with Crippen molar-refractivity contribution in [2.45, 2.75) is 6.92 Å². The molecule has 0 saturated heterocycles. The molecule has 6 heteroatoms. The highest BCUT2D eigenvalue weighted by Gasteiger charge is 2.09. The van der Waals surface area contributed by atoms with E-state index in [1.54, 1.807) is 18.2 Å². The van der Waals surface area contributed by atoms with Crippen LogP contribution in [0.1, 0.15) is 6.92 Å². The molecule has 0 heterocycles. The first-order valence-corrected chi connectivity index (χ1v) is 7.72. The lowest BCUT2D eigenvalue weighted by atomic mass is 10.3. The van der Waals surface area contributed by atoms with Gasteiger partial charge < -0.3 is 20.1 Å². The van der Waals surface area contributed by atoms with Crippen molar-refractivity contribution in [2.75, 3.05) is 25.1 Å². The number of carbonyl (C=O) groups excluding carboxylic acids is 1. The van der Waals surface area contributed by atoms with Crippen LogP contribution in [0.5, 0.6) is 11.5 Å². The van der Waals surface area contributed by atoms with Crippen LogP contribution in [-0.2, 0) is 4.74 Å². The standard InChI is InChI=1S/C17H19ClN2O3/c1-2-22-11-10-19-17(21)20-15-12-13(18)8-9-16(15)23-14-6-4-3-5-7-14/h3-9,12H,2,10-11H2,1H3,(H2,19,20,21). The minimum atomic E-state index is -0.343. The fourth-order valence-corrected chi connectivity index (χ4v) is 2.02. The van der Waals surface area contributed by atoms with Crippen LogP contribution in [0.15, 0.2) is 48.5 Å². The van der Waals surface area contributed by atoms with Crippen molar-refractivity contribution < 1.29 is 14.3 Å². The molecule has 2 amide bonds. The maximum atomic E-state index is 11.9. The monoisotopic (exact) mass is 334 g/mol. The molecule has 2 aromatic carbocycles. The summed E-state index contributed by atoms with van der Waals surface area (Å²) in [6, 6.07) is 14.0. The van der Waals surface area contributed by atoms with Crippen molar-refractivity contribution in [1.29, 1.82) is 0 Å². The molecule has 0 aliphatic heterocycles. The van der Waals surface area contributed by atoms with E-state index in [0.29, 0.717) is 42.0 Å². The van der Waals surface area contributed by atoms with Crippen LogP contribution in [-0.4, -0.2) is 25.8 Å². The van der Waals surface area contributed by atoms with Crippen molar-refractivity contribution in [2.24, 2.45) is 0 Å². The van der Waals surface area contributed by atoms with Crippen LogP contribution < -0.4 is 15.4 Å². The van der Waals surface area contributed by atoms with Gasteiger partial charge in [-0.05, 0) is 37.3 Å². The van der Waals surface area contributed by atoms with Crippen LogP contribution in [0.4, 0.5) is 10.5 Å². The van der Waals surface area contributed by atoms with E-state index in [0.717, 1.165) is 0 Å². The third kappa shape index (κ3) is 5.81. The summed E-state index contributed by atoms with van der Waals surface area (Å²) in [6.45, 7) is 3.41. The Morgan fingerprint density at radius 3 is 2.70 bits per heavy atom. The second-order valence-corrected chi connectivity index (χ2v) is 5.07. The molecule has 2 N–H and O–H groups in total. The van der Waals surface area contributed by atoms with Crippen LogP contribution in [0.2, 0.25) is 5.02 Å². The van der Waals surface area contributed by atoms with Crippen molar-refractivity contribution in [1.82, 2.24) is 5.32 Å². The zero-order valence-electron chi connectivity index (χ0n) is 12.8. The van der Waals surface area contributed by atoms with Crippen molar-refractivity contribution in [3.05, 3.63) is 53.6 Å². The van der Waals surface area contributed by atoms with Gasteiger partial charge in [0.15, 0.2) is 5.75 Å². The quantitative estimate of drug-likeness (QED) is 0.742. The van der Waals surface area contributed by atoms with Gasteiger partial charge in [0.25, 0.3) is 0 Å². The first kappa shape index (κ1) is 17.1. The van der Waals surface area contributed by atoms with Crippen molar-refractivity contribution in [3.63, 3.8) is 0 Å². The summed E-state index contributed by atoms with van der Waals surface area (Å²) in [5, 5.41) is 5.95. The van der Waals surface area contributed by atoms with E-state index >= 15 is 0 Å². The Bertz CT molecular complexity index is 635. The number of para-hydroxylation sites is 1. The second kappa shape index (κ2) is 9.02. The van der Waals surface area contributed by atoms with Crippen LogP contribution in [0, 0.1) is 0 Å². The summed E-state index contributed by atoms with van der Waals surface area (Å²) in [7, 11) is 0. The summed E-state index contributed by atoms with van der Waals surface area (Å²) in [4.78, 5) is 11.9. The van der Waals surface area contributed by atoms with E-state index in [9.17, 15) is 4.79 Å². The predicted octanol–water partition coefficient (Wildman–Crippen LogP) is 4.29. The lowest BCUT2D eigenvalue weighted by molar-refractivity contribution is 0.150. The van der Waals surface area contributed by atoms with Gasteiger partial charge in [0.1, 0.15) is 5.75 Å². The number of hydrogen-bond donors (Lipinski definition) is 2. The molecule has 5 nitrogen and oxygen atoms in total. The molecule has 0 radical (unpaired) electrons. The van der Waals surface area contributed by atoms with E-state index in [1.807, 2.05) is 37.3 Å².